The molecule has 0 aliphatic rings. The number of nitrogens with zero attached hydrogens (tertiary/aromatic N) is 1. The Morgan fingerprint density at radius 2 is 1.89 bits per heavy atom. The van der Waals surface area contributed by atoms with Crippen LogP contribution in [0, 0.1) is 13.8 Å². The average molecular weight is 257 g/mol. The van der Waals surface area contributed by atoms with Crippen LogP contribution in [0.15, 0.2) is 40.8 Å². The minimum atomic E-state index is 0.100. The van der Waals surface area contributed by atoms with Crippen LogP contribution < -0.4 is 0 Å². The van der Waals surface area contributed by atoms with E-state index in [-0.39, 0.29) is 5.91 Å². The molecule has 1 aromatic carbocycles. The van der Waals surface area contributed by atoms with Gasteiger partial charge in [-0.05, 0) is 37.1 Å². The predicted molar refractivity (Wildman–Crippen MR) is 74.8 cm³/mol. The first-order valence-corrected chi connectivity index (χ1v) is 6.40. The first-order chi connectivity index (χ1) is 9.06. The smallest absolute Gasteiger partial charge is 0.227 e. The van der Waals surface area contributed by atoms with E-state index in [2.05, 4.69) is 0 Å². The van der Waals surface area contributed by atoms with Gasteiger partial charge in [-0.15, -0.1) is 0 Å². The van der Waals surface area contributed by atoms with Crippen LogP contribution in [0.3, 0.4) is 0 Å². The van der Waals surface area contributed by atoms with Crippen molar-refractivity contribution in [2.24, 2.45) is 0 Å². The summed E-state index contributed by atoms with van der Waals surface area (Å²) in [6.07, 6.45) is 0.433. The first-order valence-electron chi connectivity index (χ1n) is 6.40. The molecule has 100 valence electrons. The lowest BCUT2D eigenvalue weighted by Gasteiger charge is -2.16. The Bertz CT molecular complexity index is 572. The SMILES string of the molecule is Cc1ccc(CN(C)C(=O)Cc2ccccc2C)o1. The van der Waals surface area contributed by atoms with Gasteiger partial charge in [0.1, 0.15) is 11.5 Å². The molecule has 3 nitrogen and oxygen atoms in total. The van der Waals surface area contributed by atoms with Crippen LogP contribution in [-0.4, -0.2) is 17.9 Å². The van der Waals surface area contributed by atoms with Crippen molar-refractivity contribution in [3.8, 4) is 0 Å². The Morgan fingerprint density at radius 3 is 2.53 bits per heavy atom. The van der Waals surface area contributed by atoms with E-state index >= 15 is 0 Å². The summed E-state index contributed by atoms with van der Waals surface area (Å²) in [7, 11) is 1.80. The summed E-state index contributed by atoms with van der Waals surface area (Å²) in [6, 6.07) is 11.8. The number of amides is 1. The number of furan rings is 1. The van der Waals surface area contributed by atoms with Crippen molar-refractivity contribution >= 4 is 5.91 Å². The Hall–Kier alpha value is -2.03. The highest BCUT2D eigenvalue weighted by atomic mass is 16.3. The highest BCUT2D eigenvalue weighted by Gasteiger charge is 2.12. The van der Waals surface area contributed by atoms with Crippen molar-refractivity contribution in [2.45, 2.75) is 26.8 Å². The number of benzene rings is 1. The molecule has 0 fully saturated rings. The molecule has 0 aliphatic carbocycles. The van der Waals surface area contributed by atoms with E-state index in [4.69, 9.17) is 4.42 Å². The maximum Gasteiger partial charge on any atom is 0.227 e. The summed E-state index contributed by atoms with van der Waals surface area (Å²) in [5.41, 5.74) is 2.23. The number of likely N-dealkylation sites (N-methyl/N-ethyl adjacent to an activating group) is 1. The second kappa shape index (κ2) is 5.74. The van der Waals surface area contributed by atoms with E-state index in [1.807, 2.05) is 50.2 Å². The van der Waals surface area contributed by atoms with Gasteiger partial charge in [0.05, 0.1) is 13.0 Å². The lowest BCUT2D eigenvalue weighted by atomic mass is 10.1. The fraction of sp³-hybridized carbons (Fsp3) is 0.312. The summed E-state index contributed by atoms with van der Waals surface area (Å²) in [5.74, 6) is 1.79. The molecule has 0 spiro atoms. The van der Waals surface area contributed by atoms with E-state index in [1.54, 1.807) is 11.9 Å². The minimum absolute atomic E-state index is 0.100. The lowest BCUT2D eigenvalue weighted by Crippen LogP contribution is -2.27. The van der Waals surface area contributed by atoms with Crippen molar-refractivity contribution in [1.82, 2.24) is 4.90 Å². The molecule has 0 N–H and O–H groups in total. The molecular formula is C16H19NO2. The fourth-order valence-corrected chi connectivity index (χ4v) is 2.00. The van der Waals surface area contributed by atoms with Gasteiger partial charge < -0.3 is 9.32 Å². The van der Waals surface area contributed by atoms with E-state index < -0.39 is 0 Å². The molecule has 0 saturated heterocycles. The van der Waals surface area contributed by atoms with Crippen LogP contribution in [0.2, 0.25) is 0 Å². The van der Waals surface area contributed by atoms with Gasteiger partial charge in [-0.25, -0.2) is 0 Å². The molecule has 3 heteroatoms. The molecule has 1 aromatic heterocycles. The quantitative estimate of drug-likeness (QED) is 0.843. The first kappa shape index (κ1) is 13.4. The Balaban J connectivity index is 1.98. The number of hydrogen-bond acceptors (Lipinski definition) is 2. The van der Waals surface area contributed by atoms with Gasteiger partial charge in [0.2, 0.25) is 5.91 Å². The molecule has 1 heterocycles. The monoisotopic (exact) mass is 257 g/mol. The third-order valence-corrected chi connectivity index (χ3v) is 3.22. The highest BCUT2D eigenvalue weighted by molar-refractivity contribution is 5.78. The number of hydrogen-bond donors (Lipinski definition) is 0. The molecule has 0 aliphatic heterocycles. The molecule has 0 atom stereocenters. The fourth-order valence-electron chi connectivity index (χ4n) is 2.00. The van der Waals surface area contributed by atoms with Crippen molar-refractivity contribution in [3.63, 3.8) is 0 Å². The third-order valence-electron chi connectivity index (χ3n) is 3.22. The number of carbonyl (C=O) groups is 1. The summed E-state index contributed by atoms with van der Waals surface area (Å²) < 4.78 is 5.48. The van der Waals surface area contributed by atoms with Gasteiger partial charge in [-0.2, -0.15) is 0 Å². The van der Waals surface area contributed by atoms with Crippen LogP contribution in [0.25, 0.3) is 0 Å². The maximum atomic E-state index is 12.2. The Labute approximate surface area is 113 Å². The van der Waals surface area contributed by atoms with Gasteiger partial charge in [0.15, 0.2) is 0 Å². The summed E-state index contributed by atoms with van der Waals surface area (Å²) in [4.78, 5) is 13.9. The maximum absolute atomic E-state index is 12.2. The third kappa shape index (κ3) is 3.47. The lowest BCUT2D eigenvalue weighted by molar-refractivity contribution is -0.129. The molecule has 0 bridgehead atoms. The number of rotatable bonds is 4. The van der Waals surface area contributed by atoms with Crippen LogP contribution in [0.5, 0.6) is 0 Å². The van der Waals surface area contributed by atoms with E-state index in [1.165, 1.54) is 0 Å². The molecule has 1 amide bonds. The number of carbonyl (C=O) groups excluding carboxylic acids is 1. The van der Waals surface area contributed by atoms with Crippen LogP contribution in [0.1, 0.15) is 22.6 Å². The van der Waals surface area contributed by atoms with Crippen molar-refractivity contribution in [1.29, 1.82) is 0 Å². The van der Waals surface area contributed by atoms with Gasteiger partial charge in [0, 0.05) is 7.05 Å². The summed E-state index contributed by atoms with van der Waals surface area (Å²) in [5, 5.41) is 0. The van der Waals surface area contributed by atoms with Gasteiger partial charge >= 0.3 is 0 Å². The average Bonchev–Trinajstić information content (AvgIpc) is 2.77. The van der Waals surface area contributed by atoms with Crippen molar-refractivity contribution in [3.05, 3.63) is 59.0 Å². The minimum Gasteiger partial charge on any atom is -0.464 e. The zero-order chi connectivity index (χ0) is 13.8. The molecule has 2 rings (SSSR count). The van der Waals surface area contributed by atoms with Crippen molar-refractivity contribution < 1.29 is 9.21 Å². The molecular weight excluding hydrogens is 238 g/mol. The molecule has 2 aromatic rings. The largest absolute Gasteiger partial charge is 0.464 e. The Morgan fingerprint density at radius 1 is 1.16 bits per heavy atom. The van der Waals surface area contributed by atoms with E-state index in [0.717, 1.165) is 22.6 Å². The predicted octanol–water partition coefficient (Wildman–Crippen LogP) is 3.10. The zero-order valence-corrected chi connectivity index (χ0v) is 11.6. The van der Waals surface area contributed by atoms with Crippen molar-refractivity contribution in [2.75, 3.05) is 7.05 Å². The number of aryl methyl sites for hydroxylation is 2. The van der Waals surface area contributed by atoms with E-state index in [0.29, 0.717) is 13.0 Å². The standard InChI is InChI=1S/C16H19NO2/c1-12-6-4-5-7-14(12)10-16(18)17(3)11-15-9-8-13(2)19-15/h4-9H,10-11H2,1-3H3. The van der Waals surface area contributed by atoms with Crippen LogP contribution in [0.4, 0.5) is 0 Å². The van der Waals surface area contributed by atoms with Crippen LogP contribution >= 0.6 is 0 Å². The molecule has 0 radical (unpaired) electrons. The molecule has 0 unspecified atom stereocenters. The normalized spacial score (nSPS) is 10.5. The highest BCUT2D eigenvalue weighted by Crippen LogP contribution is 2.12. The van der Waals surface area contributed by atoms with Gasteiger partial charge in [0.25, 0.3) is 0 Å². The van der Waals surface area contributed by atoms with Gasteiger partial charge in [-0.1, -0.05) is 24.3 Å². The van der Waals surface area contributed by atoms with Gasteiger partial charge in [-0.3, -0.25) is 4.79 Å². The summed E-state index contributed by atoms with van der Waals surface area (Å²) >= 11 is 0. The topological polar surface area (TPSA) is 33.5 Å². The molecule has 0 saturated carbocycles. The second-order valence-corrected chi connectivity index (χ2v) is 4.87. The second-order valence-electron chi connectivity index (χ2n) is 4.87. The van der Waals surface area contributed by atoms with Crippen LogP contribution in [-0.2, 0) is 17.8 Å². The Kier molecular flexibility index (Phi) is 4.05. The summed E-state index contributed by atoms with van der Waals surface area (Å²) in [6.45, 7) is 4.44. The van der Waals surface area contributed by atoms with E-state index in [9.17, 15) is 4.79 Å². The molecule has 19 heavy (non-hydrogen) atoms. The zero-order valence-electron chi connectivity index (χ0n) is 11.6.